The van der Waals surface area contributed by atoms with Crippen LogP contribution in [0.15, 0.2) is 36.4 Å². The van der Waals surface area contributed by atoms with Crippen LogP contribution < -0.4 is 14.8 Å². The van der Waals surface area contributed by atoms with E-state index < -0.39 is 0 Å². The van der Waals surface area contributed by atoms with E-state index in [1.807, 2.05) is 50.2 Å². The van der Waals surface area contributed by atoms with Crippen LogP contribution in [-0.2, 0) is 17.9 Å². The van der Waals surface area contributed by atoms with Gasteiger partial charge in [0.25, 0.3) is 0 Å². The molecule has 0 aliphatic carbocycles. The molecule has 0 aromatic heterocycles. The van der Waals surface area contributed by atoms with Crippen molar-refractivity contribution in [2.75, 3.05) is 26.4 Å². The van der Waals surface area contributed by atoms with Gasteiger partial charge in [-0.15, -0.1) is 12.4 Å². The van der Waals surface area contributed by atoms with Gasteiger partial charge in [0.1, 0.15) is 6.61 Å². The van der Waals surface area contributed by atoms with Crippen LogP contribution >= 0.6 is 35.6 Å². The van der Waals surface area contributed by atoms with Crippen LogP contribution in [0.5, 0.6) is 11.5 Å². The molecule has 2 aromatic carbocycles. The van der Waals surface area contributed by atoms with E-state index in [9.17, 15) is 0 Å². The zero-order valence-electron chi connectivity index (χ0n) is 16.3. The number of hydrogen-bond acceptors (Lipinski definition) is 4. The molecule has 0 aliphatic heterocycles. The highest BCUT2D eigenvalue weighted by Gasteiger charge is 2.13. The number of halogens is 3. The maximum atomic E-state index is 6.47. The summed E-state index contributed by atoms with van der Waals surface area (Å²) >= 11 is 12.7. The Balaban J connectivity index is 0.00000392. The third-order valence-electron chi connectivity index (χ3n) is 3.87. The Bertz CT molecular complexity index is 713. The first kappa shape index (κ1) is 24.9. The molecule has 0 radical (unpaired) electrons. The largest absolute Gasteiger partial charge is 0.490 e. The van der Waals surface area contributed by atoms with Crippen LogP contribution in [0.4, 0.5) is 0 Å². The Morgan fingerprint density at radius 1 is 0.964 bits per heavy atom. The third kappa shape index (κ3) is 8.06. The summed E-state index contributed by atoms with van der Waals surface area (Å²) in [6.07, 6.45) is 0.971. The van der Waals surface area contributed by atoms with Crippen LogP contribution in [0.25, 0.3) is 0 Å². The van der Waals surface area contributed by atoms with E-state index in [4.69, 9.17) is 37.4 Å². The van der Waals surface area contributed by atoms with Gasteiger partial charge in [-0.3, -0.25) is 0 Å². The molecule has 0 bridgehead atoms. The molecule has 0 aliphatic rings. The SMILES string of the molecule is CCOCCCNCc1cc(Cl)c(OCc2ccccc2Cl)c(OCC)c1.Cl. The van der Waals surface area contributed by atoms with Gasteiger partial charge < -0.3 is 19.5 Å². The summed E-state index contributed by atoms with van der Waals surface area (Å²) in [7, 11) is 0. The summed E-state index contributed by atoms with van der Waals surface area (Å²) in [5.74, 6) is 1.18. The highest BCUT2D eigenvalue weighted by atomic mass is 35.5. The molecule has 28 heavy (non-hydrogen) atoms. The molecular weight excluding hydrogens is 421 g/mol. The van der Waals surface area contributed by atoms with Gasteiger partial charge in [0.05, 0.1) is 11.6 Å². The van der Waals surface area contributed by atoms with Gasteiger partial charge in [-0.1, -0.05) is 41.4 Å². The van der Waals surface area contributed by atoms with E-state index in [0.717, 1.165) is 37.3 Å². The summed E-state index contributed by atoms with van der Waals surface area (Å²) in [6, 6.07) is 11.5. The van der Waals surface area contributed by atoms with Gasteiger partial charge in [0.2, 0.25) is 0 Å². The topological polar surface area (TPSA) is 39.7 Å². The maximum absolute atomic E-state index is 6.47. The second-order valence-corrected chi connectivity index (χ2v) is 6.76. The van der Waals surface area contributed by atoms with Crippen molar-refractivity contribution in [2.24, 2.45) is 0 Å². The summed E-state index contributed by atoms with van der Waals surface area (Å²) in [5.41, 5.74) is 1.95. The second kappa shape index (κ2) is 13.9. The van der Waals surface area contributed by atoms with Crippen LogP contribution in [-0.4, -0.2) is 26.4 Å². The van der Waals surface area contributed by atoms with Crippen LogP contribution in [0.1, 0.15) is 31.4 Å². The van der Waals surface area contributed by atoms with Gasteiger partial charge in [0.15, 0.2) is 11.5 Å². The van der Waals surface area contributed by atoms with Crippen LogP contribution in [0, 0.1) is 0 Å². The smallest absolute Gasteiger partial charge is 0.180 e. The number of hydrogen-bond donors (Lipinski definition) is 1. The van der Waals surface area contributed by atoms with E-state index in [2.05, 4.69) is 5.32 Å². The molecule has 0 saturated heterocycles. The van der Waals surface area contributed by atoms with Crippen molar-refractivity contribution in [2.45, 2.75) is 33.4 Å². The molecule has 0 fully saturated rings. The molecule has 2 aromatic rings. The summed E-state index contributed by atoms with van der Waals surface area (Å²) in [5, 5.41) is 4.58. The molecule has 0 atom stereocenters. The molecule has 0 spiro atoms. The number of rotatable bonds is 12. The summed E-state index contributed by atoms with van der Waals surface area (Å²) in [6.45, 7) is 7.90. The Hall–Kier alpha value is -1.17. The predicted octanol–water partition coefficient (Wildman–Crippen LogP) is 5.91. The first-order valence-corrected chi connectivity index (χ1v) is 10.0. The maximum Gasteiger partial charge on any atom is 0.180 e. The van der Waals surface area contributed by atoms with Crippen molar-refractivity contribution in [1.29, 1.82) is 0 Å². The zero-order valence-corrected chi connectivity index (χ0v) is 18.6. The average Bonchev–Trinajstić information content (AvgIpc) is 2.65. The normalized spacial score (nSPS) is 10.4. The first-order chi connectivity index (χ1) is 13.2. The van der Waals surface area contributed by atoms with Crippen molar-refractivity contribution in [3.8, 4) is 11.5 Å². The van der Waals surface area contributed by atoms with Crippen molar-refractivity contribution in [3.05, 3.63) is 57.6 Å². The van der Waals surface area contributed by atoms with Gasteiger partial charge in [-0.25, -0.2) is 0 Å². The standard InChI is InChI=1S/C21H27Cl2NO3.ClH/c1-3-25-11-7-10-24-14-16-12-19(23)21(20(13-16)26-4-2)27-15-17-8-5-6-9-18(17)22;/h5-6,8-9,12-13,24H,3-4,7,10-11,14-15H2,1-2H3;1H. The predicted molar refractivity (Wildman–Crippen MR) is 118 cm³/mol. The van der Waals surface area contributed by atoms with Crippen LogP contribution in [0.2, 0.25) is 10.0 Å². The molecule has 7 heteroatoms. The number of nitrogens with one attached hydrogen (secondary N) is 1. The minimum atomic E-state index is 0. The van der Waals surface area contributed by atoms with Crippen molar-refractivity contribution in [1.82, 2.24) is 5.32 Å². The second-order valence-electron chi connectivity index (χ2n) is 5.95. The first-order valence-electron chi connectivity index (χ1n) is 9.25. The van der Waals surface area contributed by atoms with E-state index in [1.165, 1.54) is 0 Å². The van der Waals surface area contributed by atoms with Crippen molar-refractivity contribution >= 4 is 35.6 Å². The molecule has 4 nitrogen and oxygen atoms in total. The van der Waals surface area contributed by atoms with E-state index in [0.29, 0.717) is 41.3 Å². The molecule has 0 heterocycles. The lowest BCUT2D eigenvalue weighted by Crippen LogP contribution is -2.16. The number of ether oxygens (including phenoxy) is 3. The molecule has 0 saturated carbocycles. The molecular formula is C21H28Cl3NO3. The minimum absolute atomic E-state index is 0. The minimum Gasteiger partial charge on any atom is -0.490 e. The third-order valence-corrected chi connectivity index (χ3v) is 4.52. The summed E-state index contributed by atoms with van der Waals surface area (Å²) < 4.78 is 17.0. The van der Waals surface area contributed by atoms with Crippen LogP contribution in [0.3, 0.4) is 0 Å². The molecule has 0 amide bonds. The highest BCUT2D eigenvalue weighted by molar-refractivity contribution is 6.32. The molecule has 156 valence electrons. The summed E-state index contributed by atoms with van der Waals surface area (Å²) in [4.78, 5) is 0. The van der Waals surface area contributed by atoms with Gasteiger partial charge in [0, 0.05) is 30.3 Å². The quantitative estimate of drug-likeness (QED) is 0.410. The fraction of sp³-hybridized carbons (Fsp3) is 0.429. The fourth-order valence-electron chi connectivity index (χ4n) is 2.57. The lowest BCUT2D eigenvalue weighted by molar-refractivity contribution is 0.144. The Morgan fingerprint density at radius 3 is 2.46 bits per heavy atom. The Kier molecular flexibility index (Phi) is 12.4. The molecule has 0 unspecified atom stereocenters. The highest BCUT2D eigenvalue weighted by Crippen LogP contribution is 2.37. The van der Waals surface area contributed by atoms with E-state index >= 15 is 0 Å². The monoisotopic (exact) mass is 447 g/mol. The molecule has 1 N–H and O–H groups in total. The van der Waals surface area contributed by atoms with E-state index in [-0.39, 0.29) is 12.4 Å². The van der Waals surface area contributed by atoms with Gasteiger partial charge in [-0.05, 0) is 50.6 Å². The van der Waals surface area contributed by atoms with Gasteiger partial charge in [-0.2, -0.15) is 0 Å². The Labute approximate surface area is 183 Å². The fourth-order valence-corrected chi connectivity index (χ4v) is 3.05. The lowest BCUT2D eigenvalue weighted by Gasteiger charge is -2.16. The van der Waals surface area contributed by atoms with Crippen molar-refractivity contribution < 1.29 is 14.2 Å². The Morgan fingerprint density at radius 2 is 1.75 bits per heavy atom. The van der Waals surface area contributed by atoms with E-state index in [1.54, 1.807) is 0 Å². The van der Waals surface area contributed by atoms with Gasteiger partial charge >= 0.3 is 0 Å². The average molecular weight is 449 g/mol. The van der Waals surface area contributed by atoms with Crippen molar-refractivity contribution in [3.63, 3.8) is 0 Å². The zero-order chi connectivity index (χ0) is 19.5. The lowest BCUT2D eigenvalue weighted by atomic mass is 10.2. The molecule has 2 rings (SSSR count). The number of benzene rings is 2.